The second-order valence-electron chi connectivity index (χ2n) is 6.87. The van der Waals surface area contributed by atoms with E-state index in [-0.39, 0.29) is 11.6 Å². The second-order valence-corrected chi connectivity index (χ2v) is 6.87. The Kier molecular flexibility index (Phi) is 4.59. The van der Waals surface area contributed by atoms with Crippen LogP contribution < -0.4 is 5.32 Å². The average Bonchev–Trinajstić information content (AvgIpc) is 2.75. The van der Waals surface area contributed by atoms with E-state index in [0.717, 1.165) is 12.8 Å². The monoisotopic (exact) mass is 293 g/mol. The first-order chi connectivity index (χ1) is 9.86. The first-order valence-electron chi connectivity index (χ1n) is 7.85. The Balaban J connectivity index is 1.88. The Hall–Kier alpha value is -1.52. The number of imidazole rings is 1. The van der Waals surface area contributed by atoms with Gasteiger partial charge in [-0.3, -0.25) is 0 Å². The molecule has 0 aromatic carbocycles. The van der Waals surface area contributed by atoms with Crippen LogP contribution in [0.15, 0.2) is 12.5 Å². The molecule has 0 saturated heterocycles. The van der Waals surface area contributed by atoms with Crippen molar-refractivity contribution < 1.29 is 9.53 Å². The summed E-state index contributed by atoms with van der Waals surface area (Å²) in [4.78, 5) is 15.9. The SMILES string of the molecule is CCC1(n2cncc2CCNC(=O)OC(C)(C)C)CCC1. The summed E-state index contributed by atoms with van der Waals surface area (Å²) in [6.07, 6.45) is 9.15. The molecule has 0 aliphatic heterocycles. The molecule has 1 fully saturated rings. The molecule has 0 bridgehead atoms. The van der Waals surface area contributed by atoms with Gasteiger partial charge in [0.1, 0.15) is 5.60 Å². The summed E-state index contributed by atoms with van der Waals surface area (Å²) >= 11 is 0. The topological polar surface area (TPSA) is 56.2 Å². The van der Waals surface area contributed by atoms with Gasteiger partial charge in [-0.15, -0.1) is 0 Å². The summed E-state index contributed by atoms with van der Waals surface area (Å²) in [5, 5.41) is 2.81. The number of alkyl carbamates (subject to hydrolysis) is 1. The summed E-state index contributed by atoms with van der Waals surface area (Å²) in [6, 6.07) is 0. The summed E-state index contributed by atoms with van der Waals surface area (Å²) < 4.78 is 7.55. The molecular formula is C16H27N3O2. The molecule has 1 aliphatic rings. The van der Waals surface area contributed by atoms with Crippen LogP contribution in [0.1, 0.15) is 59.1 Å². The number of nitrogens with one attached hydrogen (secondary N) is 1. The van der Waals surface area contributed by atoms with E-state index < -0.39 is 5.60 Å². The van der Waals surface area contributed by atoms with Crippen LogP contribution in [0.3, 0.4) is 0 Å². The van der Waals surface area contributed by atoms with Crippen LogP contribution in [0.4, 0.5) is 4.79 Å². The van der Waals surface area contributed by atoms with E-state index in [0.29, 0.717) is 6.54 Å². The van der Waals surface area contributed by atoms with Gasteiger partial charge in [-0.1, -0.05) is 6.92 Å². The van der Waals surface area contributed by atoms with Gasteiger partial charge in [-0.05, 0) is 46.5 Å². The number of rotatable bonds is 5. The molecule has 2 rings (SSSR count). The number of nitrogens with zero attached hydrogens (tertiary/aromatic N) is 2. The van der Waals surface area contributed by atoms with E-state index in [4.69, 9.17) is 4.74 Å². The normalized spacial score (nSPS) is 17.1. The van der Waals surface area contributed by atoms with Gasteiger partial charge in [0, 0.05) is 30.4 Å². The van der Waals surface area contributed by atoms with Crippen LogP contribution in [0.2, 0.25) is 0 Å². The van der Waals surface area contributed by atoms with E-state index >= 15 is 0 Å². The van der Waals surface area contributed by atoms with Crippen molar-refractivity contribution in [2.75, 3.05) is 6.54 Å². The minimum atomic E-state index is -0.454. The average molecular weight is 293 g/mol. The maximum atomic E-state index is 11.6. The molecule has 0 unspecified atom stereocenters. The molecule has 5 nitrogen and oxygen atoms in total. The van der Waals surface area contributed by atoms with E-state index in [1.54, 1.807) is 0 Å². The zero-order valence-electron chi connectivity index (χ0n) is 13.6. The zero-order valence-corrected chi connectivity index (χ0v) is 13.6. The lowest BCUT2D eigenvalue weighted by atomic mass is 9.74. The fraction of sp³-hybridized carbons (Fsp3) is 0.750. The molecule has 21 heavy (non-hydrogen) atoms. The highest BCUT2D eigenvalue weighted by Gasteiger charge is 2.37. The zero-order chi connectivity index (χ0) is 15.5. The van der Waals surface area contributed by atoms with E-state index in [2.05, 4.69) is 21.8 Å². The highest BCUT2D eigenvalue weighted by Crippen LogP contribution is 2.42. The number of carbonyl (C=O) groups excluding carboxylic acids is 1. The summed E-state index contributed by atoms with van der Waals surface area (Å²) in [5.74, 6) is 0. The van der Waals surface area contributed by atoms with Gasteiger partial charge >= 0.3 is 6.09 Å². The summed E-state index contributed by atoms with van der Waals surface area (Å²) in [6.45, 7) is 8.40. The van der Waals surface area contributed by atoms with Gasteiger partial charge in [0.05, 0.1) is 6.33 Å². The third kappa shape index (κ3) is 3.77. The molecular weight excluding hydrogens is 266 g/mol. The van der Waals surface area contributed by atoms with Crippen molar-refractivity contribution in [3.05, 3.63) is 18.2 Å². The number of hydrogen-bond acceptors (Lipinski definition) is 3. The van der Waals surface area contributed by atoms with Gasteiger partial charge in [-0.25, -0.2) is 9.78 Å². The third-order valence-corrected chi connectivity index (χ3v) is 4.22. The molecule has 1 amide bonds. The van der Waals surface area contributed by atoms with Gasteiger partial charge in [0.15, 0.2) is 0 Å². The lowest BCUT2D eigenvalue weighted by molar-refractivity contribution is 0.0528. The van der Waals surface area contributed by atoms with Crippen molar-refractivity contribution >= 4 is 6.09 Å². The first kappa shape index (κ1) is 15.9. The number of carbonyl (C=O) groups is 1. The first-order valence-corrected chi connectivity index (χ1v) is 7.85. The number of aromatic nitrogens is 2. The van der Waals surface area contributed by atoms with Gasteiger partial charge in [-0.2, -0.15) is 0 Å². The minimum absolute atomic E-state index is 0.262. The lowest BCUT2D eigenvalue weighted by Crippen LogP contribution is -2.41. The van der Waals surface area contributed by atoms with Crippen LogP contribution in [0.25, 0.3) is 0 Å². The summed E-state index contributed by atoms with van der Waals surface area (Å²) in [7, 11) is 0. The number of hydrogen-bond donors (Lipinski definition) is 1. The Bertz CT molecular complexity index is 478. The molecule has 1 aromatic rings. The van der Waals surface area contributed by atoms with Crippen molar-refractivity contribution in [1.82, 2.24) is 14.9 Å². The molecule has 1 aliphatic carbocycles. The van der Waals surface area contributed by atoms with E-state index in [1.807, 2.05) is 33.3 Å². The predicted molar refractivity (Wildman–Crippen MR) is 82.3 cm³/mol. The lowest BCUT2D eigenvalue weighted by Gasteiger charge is -2.43. The third-order valence-electron chi connectivity index (χ3n) is 4.22. The highest BCUT2D eigenvalue weighted by atomic mass is 16.6. The molecule has 1 aromatic heterocycles. The van der Waals surface area contributed by atoms with Gasteiger partial charge in [0.25, 0.3) is 0 Å². The summed E-state index contributed by atoms with van der Waals surface area (Å²) in [5.41, 5.74) is 0.995. The Morgan fingerprint density at radius 3 is 2.71 bits per heavy atom. The largest absolute Gasteiger partial charge is 0.444 e. The molecule has 1 saturated carbocycles. The standard InChI is InChI=1S/C16H27N3O2/c1-5-16(8-6-9-16)19-12-17-11-13(19)7-10-18-14(20)21-15(2,3)4/h11-12H,5-10H2,1-4H3,(H,18,20). The maximum absolute atomic E-state index is 11.6. The van der Waals surface area contributed by atoms with Crippen LogP contribution in [0, 0.1) is 0 Å². The van der Waals surface area contributed by atoms with E-state index in [1.165, 1.54) is 25.0 Å². The van der Waals surface area contributed by atoms with Gasteiger partial charge in [0.2, 0.25) is 0 Å². The quantitative estimate of drug-likeness (QED) is 0.906. The van der Waals surface area contributed by atoms with Crippen molar-refractivity contribution in [3.8, 4) is 0 Å². The van der Waals surface area contributed by atoms with E-state index in [9.17, 15) is 4.79 Å². The molecule has 118 valence electrons. The van der Waals surface area contributed by atoms with Crippen molar-refractivity contribution in [1.29, 1.82) is 0 Å². The van der Waals surface area contributed by atoms with Crippen LogP contribution in [-0.2, 0) is 16.7 Å². The Labute approximate surface area is 127 Å². The van der Waals surface area contributed by atoms with Gasteiger partial charge < -0.3 is 14.6 Å². The van der Waals surface area contributed by atoms with Crippen molar-refractivity contribution in [2.45, 2.75) is 70.9 Å². The molecule has 1 heterocycles. The maximum Gasteiger partial charge on any atom is 0.407 e. The molecule has 1 N–H and O–H groups in total. The molecule has 5 heteroatoms. The fourth-order valence-corrected chi connectivity index (χ4v) is 2.89. The Morgan fingerprint density at radius 1 is 1.48 bits per heavy atom. The second kappa shape index (κ2) is 6.08. The van der Waals surface area contributed by atoms with Crippen LogP contribution in [-0.4, -0.2) is 27.8 Å². The number of ether oxygens (including phenoxy) is 1. The highest BCUT2D eigenvalue weighted by molar-refractivity contribution is 5.67. The van der Waals surface area contributed by atoms with Crippen molar-refractivity contribution in [2.24, 2.45) is 0 Å². The van der Waals surface area contributed by atoms with Crippen molar-refractivity contribution in [3.63, 3.8) is 0 Å². The predicted octanol–water partition coefficient (Wildman–Crippen LogP) is 3.24. The number of amides is 1. The molecule has 0 atom stereocenters. The van der Waals surface area contributed by atoms with Crippen LogP contribution in [0.5, 0.6) is 0 Å². The molecule has 0 spiro atoms. The fourth-order valence-electron chi connectivity index (χ4n) is 2.89. The van der Waals surface area contributed by atoms with Crippen LogP contribution >= 0.6 is 0 Å². The minimum Gasteiger partial charge on any atom is -0.444 e. The smallest absolute Gasteiger partial charge is 0.407 e. The molecule has 0 radical (unpaired) electrons. The Morgan fingerprint density at radius 2 is 2.19 bits per heavy atom.